The number of carbonyl (C=O) groups excluding carboxylic acids is 2. The maximum absolute atomic E-state index is 12.3. The smallest absolute Gasteiger partial charge is 0.339 e. The summed E-state index contributed by atoms with van der Waals surface area (Å²) in [5.74, 6) is -1.21. The van der Waals surface area contributed by atoms with Gasteiger partial charge in [0.2, 0.25) is 10.0 Å². The van der Waals surface area contributed by atoms with Gasteiger partial charge >= 0.3 is 5.97 Å². The molecule has 2 rings (SSSR count). The third kappa shape index (κ3) is 7.55. The van der Waals surface area contributed by atoms with Crippen LogP contribution >= 0.6 is 15.9 Å². The second-order valence-electron chi connectivity index (χ2n) is 6.93. The first kappa shape index (κ1) is 24.0. The Morgan fingerprint density at radius 1 is 1.10 bits per heavy atom. The summed E-state index contributed by atoms with van der Waals surface area (Å²) in [5.41, 5.74) is 1.21. The van der Waals surface area contributed by atoms with Crippen molar-refractivity contribution in [1.29, 1.82) is 0 Å². The summed E-state index contributed by atoms with van der Waals surface area (Å²) in [6.45, 7) is 3.41. The number of amides is 1. The molecule has 0 radical (unpaired) electrons. The van der Waals surface area contributed by atoms with Gasteiger partial charge in [0.25, 0.3) is 5.91 Å². The Morgan fingerprint density at radius 3 is 2.47 bits per heavy atom. The number of esters is 1. The van der Waals surface area contributed by atoms with E-state index in [1.165, 1.54) is 23.8 Å². The van der Waals surface area contributed by atoms with E-state index in [0.29, 0.717) is 11.0 Å². The van der Waals surface area contributed by atoms with Gasteiger partial charge in [-0.3, -0.25) is 4.79 Å². The predicted octanol–water partition coefficient (Wildman–Crippen LogP) is 3.04. The van der Waals surface area contributed by atoms with Crippen LogP contribution in [0.5, 0.6) is 0 Å². The van der Waals surface area contributed by atoms with Crippen molar-refractivity contribution in [2.45, 2.75) is 37.6 Å². The molecule has 0 saturated heterocycles. The fraction of sp³-hybridized carbons (Fsp3) is 0.333. The third-order valence-corrected chi connectivity index (χ3v) is 6.35. The lowest BCUT2D eigenvalue weighted by Crippen LogP contribution is -2.31. The molecule has 2 aromatic rings. The minimum atomic E-state index is -3.76. The molecule has 0 saturated carbocycles. The average Bonchev–Trinajstić information content (AvgIpc) is 2.69. The zero-order chi connectivity index (χ0) is 22.1. The van der Waals surface area contributed by atoms with Gasteiger partial charge in [-0.05, 0) is 66.4 Å². The minimum Gasteiger partial charge on any atom is -0.452 e. The van der Waals surface area contributed by atoms with Crippen molar-refractivity contribution in [1.82, 2.24) is 10.0 Å². The van der Waals surface area contributed by atoms with E-state index in [1.54, 1.807) is 13.8 Å². The summed E-state index contributed by atoms with van der Waals surface area (Å²) in [5, 5.41) is 2.70. The van der Waals surface area contributed by atoms with Crippen LogP contribution in [0.4, 0.5) is 0 Å². The lowest BCUT2D eigenvalue weighted by Gasteiger charge is -2.12. The molecule has 0 atom stereocenters. The Morgan fingerprint density at radius 2 is 1.80 bits per heavy atom. The number of rotatable bonds is 10. The number of nitrogens with one attached hydrogen (secondary N) is 2. The normalized spacial score (nSPS) is 11.3. The molecule has 0 unspecified atom stereocenters. The van der Waals surface area contributed by atoms with Gasteiger partial charge in [-0.15, -0.1) is 0 Å². The van der Waals surface area contributed by atoms with E-state index in [-0.39, 0.29) is 16.5 Å². The van der Waals surface area contributed by atoms with Crippen molar-refractivity contribution in [3.63, 3.8) is 0 Å². The van der Waals surface area contributed by atoms with Crippen LogP contribution < -0.4 is 10.0 Å². The lowest BCUT2D eigenvalue weighted by molar-refractivity contribution is -0.124. The number of aryl methyl sites for hydroxylation is 1. The lowest BCUT2D eigenvalue weighted by atomic mass is 10.1. The Hall–Kier alpha value is -2.23. The monoisotopic (exact) mass is 496 g/mol. The zero-order valence-electron chi connectivity index (χ0n) is 16.9. The van der Waals surface area contributed by atoms with Gasteiger partial charge in [0.1, 0.15) is 0 Å². The van der Waals surface area contributed by atoms with E-state index in [1.807, 2.05) is 30.3 Å². The first-order chi connectivity index (χ1) is 14.2. The van der Waals surface area contributed by atoms with Gasteiger partial charge in [-0.25, -0.2) is 17.9 Å². The van der Waals surface area contributed by atoms with Crippen LogP contribution in [-0.4, -0.2) is 39.5 Å². The summed E-state index contributed by atoms with van der Waals surface area (Å²) in [4.78, 5) is 24.2. The van der Waals surface area contributed by atoms with Gasteiger partial charge in [0.15, 0.2) is 6.61 Å². The van der Waals surface area contributed by atoms with E-state index < -0.39 is 28.5 Å². The van der Waals surface area contributed by atoms with Gasteiger partial charge in [0.05, 0.1) is 10.5 Å². The number of benzene rings is 2. The van der Waals surface area contributed by atoms with Crippen molar-refractivity contribution in [2.75, 3.05) is 13.2 Å². The number of halogens is 1. The van der Waals surface area contributed by atoms with Crippen LogP contribution in [0.2, 0.25) is 0 Å². The van der Waals surface area contributed by atoms with Crippen LogP contribution in [0.3, 0.4) is 0 Å². The molecule has 0 bridgehead atoms. The molecule has 0 aliphatic heterocycles. The molecule has 0 fully saturated rings. The molecular weight excluding hydrogens is 472 g/mol. The highest BCUT2D eigenvalue weighted by atomic mass is 79.9. The van der Waals surface area contributed by atoms with E-state index in [4.69, 9.17) is 4.74 Å². The summed E-state index contributed by atoms with van der Waals surface area (Å²) in [7, 11) is -3.76. The Kier molecular flexibility index (Phi) is 9.01. The van der Waals surface area contributed by atoms with Crippen molar-refractivity contribution in [3.8, 4) is 0 Å². The standard InChI is InChI=1S/C21H25BrN2O5S/c1-15(2)24-30(27,28)17-10-11-19(22)18(13-17)21(26)29-14-20(25)23-12-6-9-16-7-4-3-5-8-16/h3-5,7-8,10-11,13,15,24H,6,9,12,14H2,1-2H3,(H,23,25). The fourth-order valence-corrected chi connectivity index (χ4v) is 4.32. The third-order valence-electron chi connectivity index (χ3n) is 4.00. The summed E-state index contributed by atoms with van der Waals surface area (Å²) < 4.78 is 32.5. The highest BCUT2D eigenvalue weighted by Crippen LogP contribution is 2.22. The summed E-state index contributed by atoms with van der Waals surface area (Å²) in [6, 6.07) is 13.7. The van der Waals surface area contributed by atoms with Crippen molar-refractivity contribution in [3.05, 3.63) is 64.1 Å². The summed E-state index contributed by atoms with van der Waals surface area (Å²) >= 11 is 3.21. The van der Waals surface area contributed by atoms with E-state index >= 15 is 0 Å². The molecule has 0 aliphatic rings. The number of hydrogen-bond acceptors (Lipinski definition) is 5. The number of hydrogen-bond donors (Lipinski definition) is 2. The van der Waals surface area contributed by atoms with E-state index in [9.17, 15) is 18.0 Å². The molecule has 30 heavy (non-hydrogen) atoms. The molecule has 9 heteroatoms. The molecule has 1 amide bonds. The Labute approximate surface area is 185 Å². The maximum Gasteiger partial charge on any atom is 0.339 e. The highest BCUT2D eigenvalue weighted by Gasteiger charge is 2.20. The van der Waals surface area contributed by atoms with Gasteiger partial charge in [-0.2, -0.15) is 0 Å². The zero-order valence-corrected chi connectivity index (χ0v) is 19.3. The SMILES string of the molecule is CC(C)NS(=O)(=O)c1ccc(Br)c(C(=O)OCC(=O)NCCCc2ccccc2)c1. The molecule has 0 spiro atoms. The largest absolute Gasteiger partial charge is 0.452 e. The van der Waals surface area contributed by atoms with Crippen LogP contribution in [0.15, 0.2) is 57.9 Å². The molecule has 162 valence electrons. The van der Waals surface area contributed by atoms with E-state index in [2.05, 4.69) is 26.0 Å². The van der Waals surface area contributed by atoms with Crippen molar-refractivity contribution >= 4 is 37.8 Å². The molecule has 0 aromatic heterocycles. The van der Waals surface area contributed by atoms with Gasteiger partial charge < -0.3 is 10.1 Å². The van der Waals surface area contributed by atoms with Crippen molar-refractivity contribution < 1.29 is 22.7 Å². The Bertz CT molecular complexity index is 978. The van der Waals surface area contributed by atoms with Gasteiger partial charge in [0, 0.05) is 17.1 Å². The topological polar surface area (TPSA) is 102 Å². The molecule has 0 aliphatic carbocycles. The second-order valence-corrected chi connectivity index (χ2v) is 9.50. The molecule has 2 N–H and O–H groups in total. The first-order valence-corrected chi connectivity index (χ1v) is 11.8. The molecular formula is C21H25BrN2O5S. The maximum atomic E-state index is 12.3. The Balaban J connectivity index is 1.86. The average molecular weight is 497 g/mol. The first-order valence-electron chi connectivity index (χ1n) is 9.48. The highest BCUT2D eigenvalue weighted by molar-refractivity contribution is 9.10. The van der Waals surface area contributed by atoms with E-state index in [0.717, 1.165) is 12.8 Å². The molecule has 7 nitrogen and oxygen atoms in total. The predicted molar refractivity (Wildman–Crippen MR) is 118 cm³/mol. The molecule has 0 heterocycles. The quantitative estimate of drug-likeness (QED) is 0.388. The second kappa shape index (κ2) is 11.2. The van der Waals surface area contributed by atoms with Gasteiger partial charge in [-0.1, -0.05) is 30.3 Å². The minimum absolute atomic E-state index is 0.0264. The van der Waals surface area contributed by atoms with Crippen LogP contribution in [0.25, 0.3) is 0 Å². The number of sulfonamides is 1. The van der Waals surface area contributed by atoms with Crippen molar-refractivity contribution in [2.24, 2.45) is 0 Å². The van der Waals surface area contributed by atoms with Crippen LogP contribution in [0.1, 0.15) is 36.2 Å². The van der Waals surface area contributed by atoms with Crippen LogP contribution in [-0.2, 0) is 26.0 Å². The fourth-order valence-electron chi connectivity index (χ4n) is 2.63. The van der Waals surface area contributed by atoms with Crippen LogP contribution in [0, 0.1) is 0 Å². The molecule has 2 aromatic carbocycles. The number of ether oxygens (including phenoxy) is 1. The number of carbonyl (C=O) groups is 2. The summed E-state index contributed by atoms with van der Waals surface area (Å²) in [6.07, 6.45) is 1.59.